The minimum atomic E-state index is 0.358. The molecule has 0 unspecified atom stereocenters. The van der Waals surface area contributed by atoms with Crippen LogP contribution in [0.5, 0.6) is 0 Å². The summed E-state index contributed by atoms with van der Waals surface area (Å²) in [5.41, 5.74) is 0.358. The predicted molar refractivity (Wildman–Crippen MR) is 65.7 cm³/mol. The van der Waals surface area contributed by atoms with Crippen molar-refractivity contribution in [2.75, 3.05) is 20.6 Å². The van der Waals surface area contributed by atoms with E-state index in [1.165, 1.54) is 19.3 Å². The Morgan fingerprint density at radius 1 is 1.44 bits per heavy atom. The zero-order valence-electron chi connectivity index (χ0n) is 9.92. The van der Waals surface area contributed by atoms with Crippen molar-refractivity contribution in [3.05, 3.63) is 23.1 Å². The summed E-state index contributed by atoms with van der Waals surface area (Å²) in [4.78, 5) is 2.33. The van der Waals surface area contributed by atoms with Crippen LogP contribution in [0, 0.1) is 0 Å². The molecule has 16 heavy (non-hydrogen) atoms. The molecule has 4 heteroatoms. The van der Waals surface area contributed by atoms with Gasteiger partial charge in [-0.25, -0.2) is 0 Å². The van der Waals surface area contributed by atoms with Crippen LogP contribution >= 0.6 is 11.6 Å². The molecule has 0 spiro atoms. The molecular weight excluding hydrogens is 224 g/mol. The topological polar surface area (TPSA) is 28.4 Å². The Balaban J connectivity index is 1.79. The molecule has 1 saturated carbocycles. The predicted octanol–water partition coefficient (Wildman–Crippen LogP) is 2.51. The maximum absolute atomic E-state index is 5.72. The summed E-state index contributed by atoms with van der Waals surface area (Å²) in [7, 11) is 4.31. The van der Waals surface area contributed by atoms with Crippen LogP contribution in [-0.2, 0) is 6.54 Å². The molecule has 90 valence electrons. The fourth-order valence-corrected chi connectivity index (χ4v) is 2.39. The lowest BCUT2D eigenvalue weighted by atomic mass is 9.75. The molecule has 1 aromatic heterocycles. The molecule has 1 aliphatic carbocycles. The van der Waals surface area contributed by atoms with Gasteiger partial charge in [0, 0.05) is 12.1 Å². The lowest BCUT2D eigenvalue weighted by molar-refractivity contribution is 0.0594. The summed E-state index contributed by atoms with van der Waals surface area (Å²) in [5, 5.41) is 3.91. The molecule has 3 nitrogen and oxygen atoms in total. The van der Waals surface area contributed by atoms with Gasteiger partial charge < -0.3 is 14.6 Å². The summed E-state index contributed by atoms with van der Waals surface area (Å²) in [6, 6.07) is 3.70. The second-order valence-corrected chi connectivity index (χ2v) is 5.15. The van der Waals surface area contributed by atoms with Gasteiger partial charge in [-0.05, 0) is 57.1 Å². The first kappa shape index (κ1) is 12.0. The van der Waals surface area contributed by atoms with Gasteiger partial charge in [0.2, 0.25) is 0 Å². The highest BCUT2D eigenvalue weighted by atomic mass is 35.5. The summed E-state index contributed by atoms with van der Waals surface area (Å²) >= 11 is 5.72. The maximum atomic E-state index is 5.72. The summed E-state index contributed by atoms with van der Waals surface area (Å²) in [5.74, 6) is 0.901. The highest BCUT2D eigenvalue weighted by molar-refractivity contribution is 6.28. The molecule has 1 aromatic rings. The molecule has 1 N–H and O–H groups in total. The standard InChI is InChI=1S/C12H19ClN2O/c1-15(2)12(6-3-7-12)9-14-8-10-4-5-11(13)16-10/h4-5,14H,3,6-9H2,1-2H3. The number of likely N-dealkylation sites (N-methyl/N-ethyl adjacent to an activating group) is 1. The molecule has 2 rings (SSSR count). The van der Waals surface area contributed by atoms with E-state index in [4.69, 9.17) is 16.0 Å². The van der Waals surface area contributed by atoms with Crippen LogP contribution in [0.2, 0.25) is 5.22 Å². The zero-order chi connectivity index (χ0) is 11.6. The summed E-state index contributed by atoms with van der Waals surface area (Å²) < 4.78 is 5.30. The van der Waals surface area contributed by atoms with Crippen LogP contribution in [0.25, 0.3) is 0 Å². The molecule has 0 saturated heterocycles. The van der Waals surface area contributed by atoms with E-state index in [0.717, 1.165) is 18.8 Å². The van der Waals surface area contributed by atoms with Crippen LogP contribution in [0.4, 0.5) is 0 Å². The maximum Gasteiger partial charge on any atom is 0.193 e. The van der Waals surface area contributed by atoms with E-state index >= 15 is 0 Å². The van der Waals surface area contributed by atoms with Crippen LogP contribution in [-0.4, -0.2) is 31.1 Å². The number of furan rings is 1. The van der Waals surface area contributed by atoms with Crippen molar-refractivity contribution < 1.29 is 4.42 Å². The van der Waals surface area contributed by atoms with Crippen molar-refractivity contribution in [3.63, 3.8) is 0 Å². The van der Waals surface area contributed by atoms with E-state index in [-0.39, 0.29) is 0 Å². The highest BCUT2D eigenvalue weighted by Crippen LogP contribution is 2.35. The van der Waals surface area contributed by atoms with Crippen molar-refractivity contribution in [2.24, 2.45) is 0 Å². The normalized spacial score (nSPS) is 18.8. The molecule has 1 aliphatic rings. The number of rotatable bonds is 5. The molecule has 0 amide bonds. The SMILES string of the molecule is CN(C)C1(CNCc2ccc(Cl)o2)CCC1. The van der Waals surface area contributed by atoms with Crippen LogP contribution in [0.3, 0.4) is 0 Å². The van der Waals surface area contributed by atoms with Crippen LogP contribution < -0.4 is 5.32 Å². The second-order valence-electron chi connectivity index (χ2n) is 4.78. The third kappa shape index (κ3) is 2.42. The van der Waals surface area contributed by atoms with Gasteiger partial charge in [0.1, 0.15) is 5.76 Å². The molecule has 1 heterocycles. The van der Waals surface area contributed by atoms with Gasteiger partial charge in [-0.15, -0.1) is 0 Å². The van der Waals surface area contributed by atoms with Crippen LogP contribution in [0.1, 0.15) is 25.0 Å². The lowest BCUT2D eigenvalue weighted by Crippen LogP contribution is -2.56. The minimum absolute atomic E-state index is 0.358. The first-order chi connectivity index (χ1) is 7.62. The van der Waals surface area contributed by atoms with Gasteiger partial charge in [-0.2, -0.15) is 0 Å². The molecule has 1 fully saturated rings. The Labute approximate surface area is 102 Å². The molecule has 0 aliphatic heterocycles. The second kappa shape index (κ2) is 4.78. The van der Waals surface area contributed by atoms with Gasteiger partial charge in [0.25, 0.3) is 0 Å². The summed E-state index contributed by atoms with van der Waals surface area (Å²) in [6.07, 6.45) is 3.91. The third-order valence-corrected chi connectivity index (χ3v) is 3.82. The van der Waals surface area contributed by atoms with Gasteiger partial charge in [-0.3, -0.25) is 0 Å². The molecule has 0 atom stereocenters. The van der Waals surface area contributed by atoms with E-state index in [0.29, 0.717) is 10.8 Å². The molecular formula is C12H19ClN2O. The van der Waals surface area contributed by atoms with Gasteiger partial charge in [0.15, 0.2) is 5.22 Å². The van der Waals surface area contributed by atoms with E-state index in [1.807, 2.05) is 6.07 Å². The Morgan fingerprint density at radius 2 is 2.19 bits per heavy atom. The quantitative estimate of drug-likeness (QED) is 0.860. The van der Waals surface area contributed by atoms with Crippen molar-refractivity contribution in [2.45, 2.75) is 31.3 Å². The zero-order valence-corrected chi connectivity index (χ0v) is 10.7. The van der Waals surface area contributed by atoms with Crippen LogP contribution in [0.15, 0.2) is 16.5 Å². The largest absolute Gasteiger partial charge is 0.448 e. The number of hydrogen-bond donors (Lipinski definition) is 1. The Hall–Kier alpha value is -0.510. The molecule has 0 bridgehead atoms. The Kier molecular flexibility index (Phi) is 3.57. The fourth-order valence-electron chi connectivity index (χ4n) is 2.23. The molecule has 0 radical (unpaired) electrons. The average molecular weight is 243 g/mol. The first-order valence-electron chi connectivity index (χ1n) is 5.75. The van der Waals surface area contributed by atoms with Gasteiger partial charge in [0.05, 0.1) is 6.54 Å². The monoisotopic (exact) mass is 242 g/mol. The number of hydrogen-bond acceptors (Lipinski definition) is 3. The van der Waals surface area contributed by atoms with Crippen molar-refractivity contribution >= 4 is 11.6 Å². The fraction of sp³-hybridized carbons (Fsp3) is 0.667. The summed E-state index contributed by atoms with van der Waals surface area (Å²) in [6.45, 7) is 1.76. The Morgan fingerprint density at radius 3 is 2.62 bits per heavy atom. The van der Waals surface area contributed by atoms with E-state index in [1.54, 1.807) is 6.07 Å². The minimum Gasteiger partial charge on any atom is -0.448 e. The smallest absolute Gasteiger partial charge is 0.193 e. The average Bonchev–Trinajstić information content (AvgIpc) is 2.55. The third-order valence-electron chi connectivity index (χ3n) is 3.62. The number of halogens is 1. The highest BCUT2D eigenvalue weighted by Gasteiger charge is 2.38. The number of nitrogens with one attached hydrogen (secondary N) is 1. The van der Waals surface area contributed by atoms with Gasteiger partial charge >= 0.3 is 0 Å². The number of nitrogens with zero attached hydrogens (tertiary/aromatic N) is 1. The first-order valence-corrected chi connectivity index (χ1v) is 6.13. The molecule has 0 aromatic carbocycles. The van der Waals surface area contributed by atoms with Crippen molar-refractivity contribution in [3.8, 4) is 0 Å². The van der Waals surface area contributed by atoms with Crippen molar-refractivity contribution in [1.29, 1.82) is 0 Å². The van der Waals surface area contributed by atoms with E-state index in [2.05, 4.69) is 24.3 Å². The van der Waals surface area contributed by atoms with Crippen molar-refractivity contribution in [1.82, 2.24) is 10.2 Å². The van der Waals surface area contributed by atoms with E-state index < -0.39 is 0 Å². The van der Waals surface area contributed by atoms with E-state index in [9.17, 15) is 0 Å². The Bertz CT molecular complexity index is 345. The van der Waals surface area contributed by atoms with Gasteiger partial charge in [-0.1, -0.05) is 0 Å². The lowest BCUT2D eigenvalue weighted by Gasteiger charge is -2.47.